The van der Waals surface area contributed by atoms with Crippen LogP contribution >= 0.6 is 11.3 Å². The number of thiophene rings is 1. The molecule has 1 amide bonds. The highest BCUT2D eigenvalue weighted by Crippen LogP contribution is 2.38. The molecule has 2 fully saturated rings. The van der Waals surface area contributed by atoms with Crippen molar-refractivity contribution in [2.45, 2.75) is 31.3 Å². The third-order valence-electron chi connectivity index (χ3n) is 8.06. The summed E-state index contributed by atoms with van der Waals surface area (Å²) in [4.78, 5) is 31.9. The summed E-state index contributed by atoms with van der Waals surface area (Å²) in [5.41, 5.74) is 0.571. The summed E-state index contributed by atoms with van der Waals surface area (Å²) < 4.78 is 37.2. The molecule has 6 rings (SSSR count). The van der Waals surface area contributed by atoms with E-state index in [2.05, 4.69) is 27.5 Å². The molecule has 3 aromatic heterocycles. The number of hydrogen-bond acceptors (Lipinski definition) is 9. The molecule has 0 aliphatic carbocycles. The summed E-state index contributed by atoms with van der Waals surface area (Å²) in [7, 11) is 2.04. The van der Waals surface area contributed by atoms with Crippen LogP contribution in [0.5, 0.6) is 6.01 Å². The molecule has 12 heteroatoms. The largest absolute Gasteiger partial charge is 0.462 e. The van der Waals surface area contributed by atoms with Gasteiger partial charge in [-0.3, -0.25) is 9.78 Å². The maximum atomic E-state index is 16.4. The fourth-order valence-corrected chi connectivity index (χ4v) is 6.73. The number of halogens is 2. The minimum atomic E-state index is -0.658. The van der Waals surface area contributed by atoms with E-state index in [1.165, 1.54) is 18.3 Å². The number of carbonyl (C=O) groups is 1. The zero-order chi connectivity index (χ0) is 29.4. The summed E-state index contributed by atoms with van der Waals surface area (Å²) in [6.07, 6.45) is 4.94. The van der Waals surface area contributed by atoms with Gasteiger partial charge < -0.3 is 19.4 Å². The first-order valence-corrected chi connectivity index (χ1v) is 14.6. The quantitative estimate of drug-likeness (QED) is 0.284. The van der Waals surface area contributed by atoms with Crippen molar-refractivity contribution in [2.75, 3.05) is 44.7 Å². The van der Waals surface area contributed by atoms with E-state index in [4.69, 9.17) is 9.72 Å². The molecular formula is C30H29F2N7O2S. The van der Waals surface area contributed by atoms with Gasteiger partial charge in [-0.1, -0.05) is 24.8 Å². The Labute approximate surface area is 245 Å². The number of ether oxygens (including phenoxy) is 1. The molecule has 0 radical (unpaired) electrons. The Morgan fingerprint density at radius 1 is 1.26 bits per heavy atom. The van der Waals surface area contributed by atoms with Crippen LogP contribution in [0.2, 0.25) is 0 Å². The molecule has 2 aliphatic rings. The molecule has 4 aromatic rings. The number of piperazine rings is 1. The summed E-state index contributed by atoms with van der Waals surface area (Å²) in [6.45, 7) is 5.96. The molecule has 2 aliphatic heterocycles. The predicted octanol–water partition coefficient (Wildman–Crippen LogP) is 4.77. The van der Waals surface area contributed by atoms with Gasteiger partial charge in [0.15, 0.2) is 10.9 Å². The molecule has 1 aromatic carbocycles. The van der Waals surface area contributed by atoms with Gasteiger partial charge in [0.25, 0.3) is 0 Å². The zero-order valence-electron chi connectivity index (χ0n) is 23.1. The third kappa shape index (κ3) is 5.14. The van der Waals surface area contributed by atoms with E-state index in [-0.39, 0.29) is 40.7 Å². The van der Waals surface area contributed by atoms with Crippen molar-refractivity contribution in [2.24, 2.45) is 0 Å². The van der Waals surface area contributed by atoms with Crippen LogP contribution in [0, 0.1) is 22.3 Å². The monoisotopic (exact) mass is 589 g/mol. The van der Waals surface area contributed by atoms with Crippen LogP contribution < -0.4 is 9.64 Å². The van der Waals surface area contributed by atoms with Crippen LogP contribution in [0.3, 0.4) is 0 Å². The second-order valence-electron chi connectivity index (χ2n) is 10.6. The van der Waals surface area contributed by atoms with Crippen molar-refractivity contribution in [1.29, 1.82) is 5.26 Å². The number of benzene rings is 1. The smallest absolute Gasteiger partial charge is 0.319 e. The van der Waals surface area contributed by atoms with Gasteiger partial charge in [0.2, 0.25) is 5.91 Å². The number of pyridine rings is 1. The first kappa shape index (κ1) is 27.9. The molecule has 216 valence electrons. The number of rotatable bonds is 7. The maximum Gasteiger partial charge on any atom is 0.319 e. The lowest BCUT2D eigenvalue weighted by Crippen LogP contribution is -2.55. The van der Waals surface area contributed by atoms with Crippen LogP contribution in [-0.4, -0.2) is 82.6 Å². The van der Waals surface area contributed by atoms with Crippen molar-refractivity contribution < 1.29 is 18.3 Å². The number of nitriles is 1. The van der Waals surface area contributed by atoms with Gasteiger partial charge >= 0.3 is 6.01 Å². The molecule has 0 unspecified atom stereocenters. The van der Waals surface area contributed by atoms with Crippen LogP contribution in [0.25, 0.3) is 32.2 Å². The van der Waals surface area contributed by atoms with Gasteiger partial charge in [0, 0.05) is 42.1 Å². The summed E-state index contributed by atoms with van der Waals surface area (Å²) in [6, 6.07) is 8.65. The number of nitrogens with zero attached hydrogens (tertiary/aromatic N) is 7. The second kappa shape index (κ2) is 11.6. The van der Waals surface area contributed by atoms with Crippen molar-refractivity contribution in [3.8, 4) is 23.3 Å². The molecular weight excluding hydrogens is 560 g/mol. The van der Waals surface area contributed by atoms with Crippen molar-refractivity contribution in [3.63, 3.8) is 0 Å². The molecule has 0 saturated carbocycles. The Bertz CT molecular complexity index is 1720. The molecule has 5 heterocycles. The first-order chi connectivity index (χ1) is 20.4. The first-order valence-electron chi connectivity index (χ1n) is 13.8. The molecule has 0 N–H and O–H groups in total. The third-order valence-corrected chi connectivity index (χ3v) is 9.03. The normalized spacial score (nSPS) is 19.4. The average molecular weight is 590 g/mol. The lowest BCUT2D eigenvalue weighted by molar-refractivity contribution is -0.128. The highest BCUT2D eigenvalue weighted by Gasteiger charge is 2.32. The predicted molar refractivity (Wildman–Crippen MR) is 157 cm³/mol. The Morgan fingerprint density at radius 3 is 2.88 bits per heavy atom. The van der Waals surface area contributed by atoms with Gasteiger partial charge in [-0.05, 0) is 44.0 Å². The minimum absolute atomic E-state index is 0.0373. The number of likely N-dealkylation sites (N-methyl/N-ethyl adjacent to an activating group) is 1. The molecule has 42 heavy (non-hydrogen) atoms. The van der Waals surface area contributed by atoms with Crippen molar-refractivity contribution >= 4 is 44.1 Å². The number of hydrogen-bond donors (Lipinski definition) is 0. The number of carbonyl (C=O) groups excluding carboxylic acids is 1. The standard InChI is InChI=1S/C30H29F2N7O2S/c1-3-24(40)39-13-12-38(16-19(39)9-10-33)29-22-15-34-26(21-8-4-6-18-14-23(31)42-28(18)21)25(32)27(22)35-30(36-29)41-17-20-7-5-11-37(20)2/h3-4,6,8,14-15,19-20H,1,5,7,9,11-13,16-17H2,2H3/t19-,20-/m0/s1. The Hall–Kier alpha value is -4.21. The molecule has 0 bridgehead atoms. The zero-order valence-corrected chi connectivity index (χ0v) is 23.9. The fraction of sp³-hybridized carbons (Fsp3) is 0.367. The van der Waals surface area contributed by atoms with Crippen molar-refractivity contribution in [3.05, 3.63) is 54.1 Å². The van der Waals surface area contributed by atoms with Gasteiger partial charge in [-0.15, -0.1) is 11.3 Å². The molecule has 9 nitrogen and oxygen atoms in total. The minimum Gasteiger partial charge on any atom is -0.462 e. The van der Waals surface area contributed by atoms with Crippen LogP contribution in [-0.2, 0) is 4.79 Å². The number of amides is 1. The van der Waals surface area contributed by atoms with E-state index in [1.807, 2.05) is 11.9 Å². The molecule has 2 atom stereocenters. The Balaban J connectivity index is 1.44. The summed E-state index contributed by atoms with van der Waals surface area (Å²) in [5, 5.41) is 10.1. The van der Waals surface area contributed by atoms with E-state index >= 15 is 4.39 Å². The summed E-state index contributed by atoms with van der Waals surface area (Å²) >= 11 is 0.939. The second-order valence-corrected chi connectivity index (χ2v) is 11.6. The lowest BCUT2D eigenvalue weighted by atomic mass is 10.1. The topological polar surface area (TPSA) is 98.5 Å². The molecule has 2 saturated heterocycles. The van der Waals surface area contributed by atoms with E-state index in [0.29, 0.717) is 53.1 Å². The summed E-state index contributed by atoms with van der Waals surface area (Å²) in [5.74, 6) is -0.486. The number of fused-ring (bicyclic) bond motifs is 2. The SMILES string of the molecule is C=CC(=O)N1CCN(c2nc(OC[C@@H]3CCCN3C)nc3c(F)c(-c4cccc5cc(F)sc45)ncc23)C[C@@H]1CC#N. The van der Waals surface area contributed by atoms with E-state index < -0.39 is 11.9 Å². The number of likely N-dealkylation sites (tertiary alicyclic amines) is 1. The van der Waals surface area contributed by atoms with Gasteiger partial charge in [0.1, 0.15) is 23.6 Å². The lowest BCUT2D eigenvalue weighted by Gasteiger charge is -2.41. The molecule has 0 spiro atoms. The number of aromatic nitrogens is 3. The van der Waals surface area contributed by atoms with Gasteiger partial charge in [-0.2, -0.15) is 19.6 Å². The van der Waals surface area contributed by atoms with Gasteiger partial charge in [0.05, 0.1) is 23.9 Å². The van der Waals surface area contributed by atoms with E-state index in [9.17, 15) is 14.4 Å². The maximum absolute atomic E-state index is 16.4. The Kier molecular flexibility index (Phi) is 7.70. The van der Waals surface area contributed by atoms with Crippen molar-refractivity contribution in [1.82, 2.24) is 24.8 Å². The van der Waals surface area contributed by atoms with Crippen LogP contribution in [0.1, 0.15) is 19.3 Å². The number of anilines is 1. The average Bonchev–Trinajstić information content (AvgIpc) is 3.59. The highest BCUT2D eigenvalue weighted by molar-refractivity contribution is 7.18. The Morgan fingerprint density at radius 2 is 2.12 bits per heavy atom. The van der Waals surface area contributed by atoms with Crippen LogP contribution in [0.15, 0.2) is 43.1 Å². The fourth-order valence-electron chi connectivity index (χ4n) is 5.83. The highest BCUT2D eigenvalue weighted by atomic mass is 32.1. The van der Waals surface area contributed by atoms with E-state index in [0.717, 1.165) is 30.7 Å². The van der Waals surface area contributed by atoms with Crippen LogP contribution in [0.4, 0.5) is 14.6 Å². The van der Waals surface area contributed by atoms with E-state index in [1.54, 1.807) is 23.1 Å². The van der Waals surface area contributed by atoms with Gasteiger partial charge in [-0.25, -0.2) is 4.39 Å².